The molecule has 0 bridgehead atoms. The van der Waals surface area contributed by atoms with Gasteiger partial charge in [0.05, 0.1) is 5.54 Å². The lowest BCUT2D eigenvalue weighted by Gasteiger charge is -2.49. The van der Waals surface area contributed by atoms with Crippen molar-refractivity contribution in [3.05, 3.63) is 28.8 Å². The normalized spacial score (nSPS) is 29.2. The van der Waals surface area contributed by atoms with Gasteiger partial charge in [0.2, 0.25) is 0 Å². The molecule has 112 valence electrons. The van der Waals surface area contributed by atoms with Crippen LogP contribution in [0, 0.1) is 18.3 Å². The topological polar surface area (TPSA) is 38.0 Å². The molecule has 1 aromatic carbocycles. The number of nitrogens with two attached hydrogens (primary N) is 1. The van der Waals surface area contributed by atoms with E-state index in [0.717, 1.165) is 22.7 Å². The third kappa shape index (κ3) is 3.12. The Balaban J connectivity index is 2.21. The van der Waals surface area contributed by atoms with Crippen LogP contribution >= 0.6 is 11.6 Å². The summed E-state index contributed by atoms with van der Waals surface area (Å²) in [6.45, 7) is 9.71. The number of hydrogen-bond acceptors (Lipinski definition) is 2. The minimum absolute atomic E-state index is 0.00585. The molecule has 0 spiro atoms. The Morgan fingerprint density at radius 1 is 1.35 bits per heavy atom. The maximum absolute atomic E-state index is 6.23. The van der Waals surface area contributed by atoms with Gasteiger partial charge >= 0.3 is 0 Å². The van der Waals surface area contributed by atoms with Gasteiger partial charge in [-0.25, -0.2) is 0 Å². The first-order chi connectivity index (χ1) is 9.28. The van der Waals surface area contributed by atoms with Gasteiger partial charge in [0.1, 0.15) is 0 Å². The predicted molar refractivity (Wildman–Crippen MR) is 88.4 cm³/mol. The molecule has 3 N–H and O–H groups in total. The van der Waals surface area contributed by atoms with E-state index in [0.29, 0.717) is 17.9 Å². The van der Waals surface area contributed by atoms with E-state index in [9.17, 15) is 0 Å². The van der Waals surface area contributed by atoms with Crippen LogP contribution in [0.15, 0.2) is 18.2 Å². The van der Waals surface area contributed by atoms with Gasteiger partial charge in [-0.15, -0.1) is 0 Å². The van der Waals surface area contributed by atoms with Crippen LogP contribution in [-0.4, -0.2) is 12.1 Å². The zero-order valence-electron chi connectivity index (χ0n) is 13.1. The average molecular weight is 295 g/mol. The van der Waals surface area contributed by atoms with Crippen LogP contribution in [0.1, 0.15) is 45.6 Å². The molecule has 2 unspecified atom stereocenters. The number of anilines is 1. The molecule has 1 aromatic rings. The summed E-state index contributed by atoms with van der Waals surface area (Å²) >= 11 is 6.23. The molecule has 2 atom stereocenters. The second-order valence-corrected chi connectivity index (χ2v) is 7.63. The lowest BCUT2D eigenvalue weighted by atomic mass is 9.63. The molecular weight excluding hydrogens is 268 g/mol. The molecule has 3 heteroatoms. The first-order valence-electron chi connectivity index (χ1n) is 7.52. The molecule has 0 radical (unpaired) electrons. The van der Waals surface area contributed by atoms with E-state index in [1.165, 1.54) is 12.8 Å². The number of halogens is 1. The molecule has 0 aromatic heterocycles. The quantitative estimate of drug-likeness (QED) is 0.855. The van der Waals surface area contributed by atoms with Gasteiger partial charge in [0, 0.05) is 17.3 Å². The number of nitrogens with one attached hydrogen (secondary N) is 1. The highest BCUT2D eigenvalue weighted by Crippen LogP contribution is 2.45. The summed E-state index contributed by atoms with van der Waals surface area (Å²) in [6, 6.07) is 6.18. The molecule has 1 aliphatic carbocycles. The second kappa shape index (κ2) is 5.57. The molecule has 20 heavy (non-hydrogen) atoms. The van der Waals surface area contributed by atoms with Crippen molar-refractivity contribution in [3.8, 4) is 0 Å². The summed E-state index contributed by atoms with van der Waals surface area (Å²) in [5.41, 5.74) is 8.74. The third-order valence-electron chi connectivity index (χ3n) is 4.98. The smallest absolute Gasteiger partial charge is 0.0521 e. The van der Waals surface area contributed by atoms with E-state index < -0.39 is 0 Å². The minimum atomic E-state index is -0.00585. The van der Waals surface area contributed by atoms with Crippen molar-refractivity contribution in [1.82, 2.24) is 0 Å². The monoisotopic (exact) mass is 294 g/mol. The van der Waals surface area contributed by atoms with Crippen molar-refractivity contribution < 1.29 is 0 Å². The number of aryl methyl sites for hydroxylation is 1. The van der Waals surface area contributed by atoms with Crippen LogP contribution in [0.3, 0.4) is 0 Å². The van der Waals surface area contributed by atoms with Crippen LogP contribution < -0.4 is 11.1 Å². The molecule has 2 nitrogen and oxygen atoms in total. The van der Waals surface area contributed by atoms with Gasteiger partial charge in [0.25, 0.3) is 0 Å². The van der Waals surface area contributed by atoms with Gasteiger partial charge in [0.15, 0.2) is 0 Å². The molecule has 1 fully saturated rings. The molecule has 2 rings (SSSR count). The first kappa shape index (κ1) is 15.7. The van der Waals surface area contributed by atoms with Gasteiger partial charge in [-0.05, 0) is 55.2 Å². The summed E-state index contributed by atoms with van der Waals surface area (Å²) in [6.07, 6.45) is 3.53. The Morgan fingerprint density at radius 2 is 2.05 bits per heavy atom. The van der Waals surface area contributed by atoms with Gasteiger partial charge in [-0.1, -0.05) is 38.4 Å². The maximum atomic E-state index is 6.23. The maximum Gasteiger partial charge on any atom is 0.0521 e. The third-order valence-corrected chi connectivity index (χ3v) is 5.39. The van der Waals surface area contributed by atoms with Crippen molar-refractivity contribution in [2.75, 3.05) is 11.9 Å². The Morgan fingerprint density at radius 3 is 2.60 bits per heavy atom. The summed E-state index contributed by atoms with van der Waals surface area (Å²) in [5, 5.41) is 4.50. The summed E-state index contributed by atoms with van der Waals surface area (Å²) in [5.74, 6) is 0.552. The Bertz CT molecular complexity index is 484. The predicted octanol–water partition coefficient (Wildman–Crippen LogP) is 4.60. The van der Waals surface area contributed by atoms with Crippen molar-refractivity contribution in [2.24, 2.45) is 17.1 Å². The highest BCUT2D eigenvalue weighted by molar-refractivity contribution is 6.31. The fourth-order valence-corrected chi connectivity index (χ4v) is 3.61. The SMILES string of the molecule is Cc1ccc(NC2(CN)CCC(C)(C)CC2C)cc1Cl. The second-order valence-electron chi connectivity index (χ2n) is 7.22. The Labute approximate surface area is 128 Å². The van der Waals surface area contributed by atoms with Crippen molar-refractivity contribution in [1.29, 1.82) is 0 Å². The van der Waals surface area contributed by atoms with Crippen LogP contribution in [0.25, 0.3) is 0 Å². The van der Waals surface area contributed by atoms with Gasteiger partial charge in [-0.3, -0.25) is 0 Å². The van der Waals surface area contributed by atoms with Gasteiger partial charge < -0.3 is 11.1 Å². The molecule has 0 aliphatic heterocycles. The molecule has 1 saturated carbocycles. The van der Waals surface area contributed by atoms with Gasteiger partial charge in [-0.2, -0.15) is 0 Å². The van der Waals surface area contributed by atoms with E-state index in [4.69, 9.17) is 17.3 Å². The number of rotatable bonds is 3. The summed E-state index contributed by atoms with van der Waals surface area (Å²) < 4.78 is 0. The van der Waals surface area contributed by atoms with E-state index in [1.807, 2.05) is 13.0 Å². The lowest BCUT2D eigenvalue weighted by molar-refractivity contribution is 0.120. The standard InChI is InChI=1S/C17H27ClN2/c1-12-5-6-14(9-15(12)18)20-17(11-19)8-7-16(3,4)10-13(17)2/h5-6,9,13,20H,7-8,10-11,19H2,1-4H3. The number of hydrogen-bond donors (Lipinski definition) is 2. The van der Waals surface area contributed by atoms with Crippen LogP contribution in [-0.2, 0) is 0 Å². The molecule has 0 heterocycles. The molecular formula is C17H27ClN2. The highest BCUT2D eigenvalue weighted by atomic mass is 35.5. The zero-order chi connectivity index (χ0) is 15.0. The van der Waals surface area contributed by atoms with E-state index in [2.05, 4.69) is 38.2 Å². The van der Waals surface area contributed by atoms with E-state index in [-0.39, 0.29) is 5.54 Å². The van der Waals surface area contributed by atoms with Crippen LogP contribution in [0.5, 0.6) is 0 Å². The summed E-state index contributed by atoms with van der Waals surface area (Å²) in [7, 11) is 0. The van der Waals surface area contributed by atoms with Crippen LogP contribution in [0.4, 0.5) is 5.69 Å². The first-order valence-corrected chi connectivity index (χ1v) is 7.90. The van der Waals surface area contributed by atoms with Crippen molar-refractivity contribution >= 4 is 17.3 Å². The fourth-order valence-electron chi connectivity index (χ4n) is 3.43. The van der Waals surface area contributed by atoms with E-state index in [1.54, 1.807) is 0 Å². The fraction of sp³-hybridized carbons (Fsp3) is 0.647. The molecule has 1 aliphatic rings. The molecule has 0 saturated heterocycles. The zero-order valence-corrected chi connectivity index (χ0v) is 13.8. The Kier molecular flexibility index (Phi) is 4.36. The van der Waals surface area contributed by atoms with E-state index >= 15 is 0 Å². The lowest BCUT2D eigenvalue weighted by Crippen LogP contribution is -2.55. The van der Waals surface area contributed by atoms with Crippen molar-refractivity contribution in [2.45, 2.75) is 52.5 Å². The largest absolute Gasteiger partial charge is 0.378 e. The number of benzene rings is 1. The average Bonchev–Trinajstić information content (AvgIpc) is 2.37. The minimum Gasteiger partial charge on any atom is -0.378 e. The van der Waals surface area contributed by atoms with Crippen LogP contribution in [0.2, 0.25) is 5.02 Å². The van der Waals surface area contributed by atoms with Crippen molar-refractivity contribution in [3.63, 3.8) is 0 Å². The summed E-state index contributed by atoms with van der Waals surface area (Å²) in [4.78, 5) is 0. The molecule has 0 amide bonds. The highest BCUT2D eigenvalue weighted by Gasteiger charge is 2.42. The Hall–Kier alpha value is -0.730.